The fraction of sp³-hybridized carbons (Fsp3) is 0.263. The molecule has 4 aromatic rings. The number of rotatable bonds is 8. The average Bonchev–Trinajstić information content (AvgIpc) is 3.87. The Morgan fingerprint density at radius 3 is 1.84 bits per heavy atom. The highest BCUT2D eigenvalue weighted by Gasteiger charge is 2.32. The van der Waals surface area contributed by atoms with E-state index in [-0.39, 0.29) is 0 Å². The lowest BCUT2D eigenvalue weighted by Gasteiger charge is -2.33. The van der Waals surface area contributed by atoms with Gasteiger partial charge in [0, 0.05) is 48.7 Å². The van der Waals surface area contributed by atoms with Crippen LogP contribution in [0.5, 0.6) is 0 Å². The van der Waals surface area contributed by atoms with Crippen molar-refractivity contribution >= 4 is 85.1 Å². The Morgan fingerprint density at radius 1 is 0.612 bits per heavy atom. The van der Waals surface area contributed by atoms with Crippen molar-refractivity contribution in [2.45, 2.75) is 38.5 Å². The van der Waals surface area contributed by atoms with Crippen LogP contribution in [0.25, 0.3) is 5.70 Å². The quantitative estimate of drug-likeness (QED) is 0.194. The molecule has 5 aliphatic heterocycles. The van der Waals surface area contributed by atoms with Crippen LogP contribution >= 0.6 is 22.7 Å². The van der Waals surface area contributed by atoms with E-state index in [2.05, 4.69) is 114 Å². The number of nitrogens with one attached hydrogen (secondary N) is 2. The normalized spacial score (nSPS) is 18.6. The molecule has 5 aliphatic rings. The van der Waals surface area contributed by atoms with Gasteiger partial charge in [0.25, 0.3) is 0 Å². The van der Waals surface area contributed by atoms with E-state index in [1.807, 2.05) is 4.90 Å². The summed E-state index contributed by atoms with van der Waals surface area (Å²) in [6, 6.07) is 21.8. The largest absolute Gasteiger partial charge is 0.371 e. The molecule has 0 radical (unpaired) electrons. The molecule has 2 aromatic heterocycles. The summed E-state index contributed by atoms with van der Waals surface area (Å²) in [6.45, 7) is 4.36. The van der Waals surface area contributed by atoms with Gasteiger partial charge in [-0.05, 0) is 122 Å². The predicted octanol–water partition coefficient (Wildman–Crippen LogP) is 9.07. The summed E-state index contributed by atoms with van der Waals surface area (Å²) in [4.78, 5) is 26.3. The van der Waals surface area contributed by atoms with Crippen molar-refractivity contribution in [3.05, 3.63) is 100 Å². The highest BCUT2D eigenvalue weighted by Crippen LogP contribution is 2.38. The Bertz CT molecular complexity index is 1940. The molecule has 0 unspecified atom stereocenters. The van der Waals surface area contributed by atoms with Crippen molar-refractivity contribution in [1.29, 1.82) is 0 Å². The van der Waals surface area contributed by atoms with E-state index < -0.39 is 0 Å². The van der Waals surface area contributed by atoms with Gasteiger partial charge in [-0.2, -0.15) is 0 Å². The van der Waals surface area contributed by atoms with Crippen LogP contribution in [0.1, 0.15) is 49.7 Å². The third kappa shape index (κ3) is 6.08. The maximum atomic E-state index is 5.07. The summed E-state index contributed by atoms with van der Waals surface area (Å²) >= 11 is 3.39. The maximum absolute atomic E-state index is 5.07. The van der Waals surface area contributed by atoms with Crippen molar-refractivity contribution in [3.8, 4) is 0 Å². The number of anilines is 6. The SMILES string of the molecule is C1=NC2=NC(c3ccc(N4CCCCC4)cc3Nc3cccs3)=CC3=CC(c4ccc(N5CCCCC5)cc4Nc4cccs4)=NC(=N1)N32. The number of hydrogen-bond acceptors (Lipinski definition) is 11. The number of guanidine groups is 2. The Labute approximate surface area is 294 Å². The van der Waals surface area contributed by atoms with Crippen molar-refractivity contribution in [2.24, 2.45) is 20.0 Å². The first-order valence-corrected chi connectivity index (χ1v) is 18.9. The fourth-order valence-corrected chi connectivity index (χ4v) is 8.37. The molecular formula is C38H37N9S2. The van der Waals surface area contributed by atoms with Gasteiger partial charge in [0.15, 0.2) is 0 Å². The molecule has 2 N–H and O–H groups in total. The molecule has 0 aliphatic carbocycles. The number of aliphatic imine (C=N–C) groups is 4. The highest BCUT2D eigenvalue weighted by molar-refractivity contribution is 7.14. The summed E-state index contributed by atoms with van der Waals surface area (Å²) in [5.41, 5.74) is 9.22. The van der Waals surface area contributed by atoms with Gasteiger partial charge in [-0.1, -0.05) is 0 Å². The van der Waals surface area contributed by atoms with Gasteiger partial charge < -0.3 is 20.4 Å². The number of thiophene rings is 2. The smallest absolute Gasteiger partial charge is 0.239 e. The van der Waals surface area contributed by atoms with Crippen LogP contribution in [0.15, 0.2) is 109 Å². The van der Waals surface area contributed by atoms with E-state index in [4.69, 9.17) is 9.98 Å². The average molecular weight is 684 g/mol. The van der Waals surface area contributed by atoms with E-state index in [0.717, 1.165) is 75.8 Å². The Kier molecular flexibility index (Phi) is 8.06. The number of piperidine rings is 2. The first-order chi connectivity index (χ1) is 24.2. The van der Waals surface area contributed by atoms with Crippen LogP contribution in [-0.4, -0.2) is 55.0 Å². The zero-order chi connectivity index (χ0) is 32.6. The molecule has 0 spiro atoms. The number of nitrogens with zero attached hydrogens (tertiary/aromatic N) is 7. The highest BCUT2D eigenvalue weighted by atomic mass is 32.1. The lowest BCUT2D eigenvalue weighted by molar-refractivity contribution is 0.578. The predicted molar refractivity (Wildman–Crippen MR) is 208 cm³/mol. The molecule has 0 bridgehead atoms. The van der Waals surface area contributed by atoms with E-state index in [0.29, 0.717) is 11.9 Å². The molecule has 7 heterocycles. The minimum Gasteiger partial charge on any atom is -0.371 e. The minimum atomic E-state index is 0.566. The third-order valence-electron chi connectivity index (χ3n) is 9.57. The van der Waals surface area contributed by atoms with Crippen molar-refractivity contribution in [3.63, 3.8) is 0 Å². The third-order valence-corrected chi connectivity index (χ3v) is 11.1. The second kappa shape index (κ2) is 13.1. The van der Waals surface area contributed by atoms with E-state index in [9.17, 15) is 0 Å². The van der Waals surface area contributed by atoms with Crippen molar-refractivity contribution in [1.82, 2.24) is 4.90 Å². The Balaban J connectivity index is 1.12. The molecule has 2 fully saturated rings. The van der Waals surface area contributed by atoms with Crippen LogP contribution in [0, 0.1) is 0 Å². The molecule has 49 heavy (non-hydrogen) atoms. The molecular weight excluding hydrogens is 647 g/mol. The van der Waals surface area contributed by atoms with E-state index in [1.54, 1.807) is 29.0 Å². The fourth-order valence-electron chi connectivity index (χ4n) is 7.11. The second-order valence-corrected chi connectivity index (χ2v) is 14.7. The molecule has 246 valence electrons. The van der Waals surface area contributed by atoms with E-state index >= 15 is 0 Å². The topological polar surface area (TPSA) is 83.2 Å². The lowest BCUT2D eigenvalue weighted by atomic mass is 10.0. The standard InChI is InChI=1S/C38H37N9S2/c1-3-15-45(16-4-1)26-11-13-29(31(21-26)41-35-9-7-19-48-35)33-23-28-24-34(44-38-40-25-39-37(43-33)47(28)38)30-14-12-27(46-17-5-2-6-18-46)22-32(30)42-36-10-8-20-49-36/h7-14,19-25,41-42H,1-6,15-18H2. The summed E-state index contributed by atoms with van der Waals surface area (Å²) in [5.74, 6) is 1.13. The summed E-state index contributed by atoms with van der Waals surface area (Å²) in [7, 11) is 0. The molecule has 2 aromatic carbocycles. The van der Waals surface area contributed by atoms with Gasteiger partial charge in [0.05, 0.1) is 38.5 Å². The van der Waals surface area contributed by atoms with Gasteiger partial charge in [-0.25, -0.2) is 24.9 Å². The van der Waals surface area contributed by atoms with E-state index in [1.165, 1.54) is 49.9 Å². The number of allylic oxidation sites excluding steroid dienone is 2. The molecule has 11 heteroatoms. The van der Waals surface area contributed by atoms with Gasteiger partial charge in [0.1, 0.15) is 6.34 Å². The second-order valence-electron chi connectivity index (χ2n) is 12.8. The molecule has 2 saturated heterocycles. The van der Waals surface area contributed by atoms with Crippen LogP contribution < -0.4 is 20.4 Å². The van der Waals surface area contributed by atoms with Gasteiger partial charge in [0.2, 0.25) is 11.9 Å². The summed E-state index contributed by atoms with van der Waals surface area (Å²) in [6.07, 6.45) is 13.4. The molecule has 9 nitrogen and oxygen atoms in total. The van der Waals surface area contributed by atoms with Crippen LogP contribution in [0.2, 0.25) is 0 Å². The molecule has 0 atom stereocenters. The van der Waals surface area contributed by atoms with Crippen LogP contribution in [0.4, 0.5) is 32.8 Å². The first-order valence-electron chi connectivity index (χ1n) is 17.2. The maximum Gasteiger partial charge on any atom is 0.239 e. The molecule has 0 amide bonds. The van der Waals surface area contributed by atoms with Crippen molar-refractivity contribution in [2.75, 3.05) is 46.6 Å². The summed E-state index contributed by atoms with van der Waals surface area (Å²) < 4.78 is 0. The first kappa shape index (κ1) is 30.1. The zero-order valence-corrected chi connectivity index (χ0v) is 28.8. The van der Waals surface area contributed by atoms with Crippen molar-refractivity contribution < 1.29 is 0 Å². The number of hydrogen-bond donors (Lipinski definition) is 2. The lowest BCUT2D eigenvalue weighted by Crippen LogP contribution is -2.40. The Hall–Kier alpha value is -5.00. The molecule has 9 rings (SSSR count). The monoisotopic (exact) mass is 683 g/mol. The number of benzene rings is 2. The van der Waals surface area contributed by atoms with Gasteiger partial charge in [-0.15, -0.1) is 22.7 Å². The van der Waals surface area contributed by atoms with Gasteiger partial charge >= 0.3 is 0 Å². The summed E-state index contributed by atoms with van der Waals surface area (Å²) in [5, 5.41) is 13.8. The Morgan fingerprint density at radius 2 is 1.22 bits per heavy atom. The van der Waals surface area contributed by atoms with Gasteiger partial charge in [-0.3, -0.25) is 0 Å². The molecule has 0 saturated carbocycles. The van der Waals surface area contributed by atoms with Crippen LogP contribution in [0.3, 0.4) is 0 Å². The van der Waals surface area contributed by atoms with Crippen LogP contribution in [-0.2, 0) is 0 Å². The minimum absolute atomic E-state index is 0.566. The zero-order valence-electron chi connectivity index (χ0n) is 27.2.